The number of hydrogen-bond acceptors (Lipinski definition) is 4. The number of rotatable bonds is 9. The van der Waals surface area contributed by atoms with Gasteiger partial charge in [0.25, 0.3) is 0 Å². The first-order valence-corrected chi connectivity index (χ1v) is 11.1. The van der Waals surface area contributed by atoms with Crippen molar-refractivity contribution in [2.45, 2.75) is 31.9 Å². The number of ether oxygens (including phenoxy) is 2. The van der Waals surface area contributed by atoms with Gasteiger partial charge >= 0.3 is 0 Å². The second-order valence-corrected chi connectivity index (χ2v) is 8.13. The van der Waals surface area contributed by atoms with E-state index in [0.717, 1.165) is 30.6 Å². The molecule has 7 nitrogen and oxygen atoms in total. The molecule has 0 saturated carbocycles. The molecule has 1 unspecified atom stereocenters. The Hall–Kier alpha value is -3.06. The number of guanidine groups is 1. The molecule has 1 aliphatic carbocycles. The highest BCUT2D eigenvalue weighted by Gasteiger charge is 2.19. The summed E-state index contributed by atoms with van der Waals surface area (Å²) in [6, 6.07) is 16.7. The largest absolute Gasteiger partial charge is 0.497 e. The lowest BCUT2D eigenvalue weighted by molar-refractivity contribution is -0.127. The van der Waals surface area contributed by atoms with Gasteiger partial charge in [-0.1, -0.05) is 36.4 Å². The summed E-state index contributed by atoms with van der Waals surface area (Å²) in [6.45, 7) is 1.77. The zero-order chi connectivity index (χ0) is 22.8. The summed E-state index contributed by atoms with van der Waals surface area (Å²) in [5, 5.41) is 6.82. The molecule has 7 heteroatoms. The van der Waals surface area contributed by atoms with Gasteiger partial charge in [-0.15, -0.1) is 0 Å². The van der Waals surface area contributed by atoms with Crippen molar-refractivity contribution < 1.29 is 14.3 Å². The van der Waals surface area contributed by atoms with Crippen LogP contribution in [0.1, 0.15) is 23.1 Å². The highest BCUT2D eigenvalue weighted by Crippen LogP contribution is 2.21. The van der Waals surface area contributed by atoms with E-state index in [1.807, 2.05) is 24.3 Å². The molecule has 2 aromatic carbocycles. The van der Waals surface area contributed by atoms with Gasteiger partial charge in [-0.25, -0.2) is 4.99 Å². The van der Waals surface area contributed by atoms with Crippen LogP contribution in [0.25, 0.3) is 0 Å². The maximum atomic E-state index is 12.0. The quantitative estimate of drug-likeness (QED) is 0.357. The van der Waals surface area contributed by atoms with Gasteiger partial charge in [-0.05, 0) is 48.1 Å². The van der Waals surface area contributed by atoms with Gasteiger partial charge in [0, 0.05) is 26.7 Å². The Morgan fingerprint density at radius 3 is 2.59 bits per heavy atom. The number of benzene rings is 2. The fourth-order valence-corrected chi connectivity index (χ4v) is 3.61. The van der Waals surface area contributed by atoms with Crippen molar-refractivity contribution in [3.05, 3.63) is 65.2 Å². The zero-order valence-electron chi connectivity index (χ0n) is 19.3. The van der Waals surface area contributed by atoms with E-state index in [-0.39, 0.29) is 18.5 Å². The normalized spacial score (nSPS) is 15.6. The number of hydrogen-bond donors (Lipinski definition) is 2. The fraction of sp³-hybridized carbons (Fsp3) is 0.440. The van der Waals surface area contributed by atoms with Crippen LogP contribution in [0.3, 0.4) is 0 Å². The van der Waals surface area contributed by atoms with Crippen LogP contribution in [-0.2, 0) is 29.0 Å². The third-order valence-electron chi connectivity index (χ3n) is 5.53. The molecule has 0 aromatic heterocycles. The molecule has 32 heavy (non-hydrogen) atoms. The van der Waals surface area contributed by atoms with Crippen LogP contribution in [0.15, 0.2) is 53.5 Å². The molecule has 1 atom stereocenters. The van der Waals surface area contributed by atoms with E-state index in [0.29, 0.717) is 25.7 Å². The highest BCUT2D eigenvalue weighted by molar-refractivity contribution is 5.85. The lowest BCUT2D eigenvalue weighted by Crippen LogP contribution is -2.47. The summed E-state index contributed by atoms with van der Waals surface area (Å²) in [7, 11) is 5.13. The Morgan fingerprint density at radius 2 is 1.88 bits per heavy atom. The molecule has 172 valence electrons. The monoisotopic (exact) mass is 438 g/mol. The van der Waals surface area contributed by atoms with E-state index in [9.17, 15) is 4.79 Å². The van der Waals surface area contributed by atoms with E-state index >= 15 is 0 Å². The van der Waals surface area contributed by atoms with Gasteiger partial charge in [-0.3, -0.25) is 4.79 Å². The minimum absolute atomic E-state index is 0.0316. The van der Waals surface area contributed by atoms with Crippen LogP contribution in [0, 0.1) is 0 Å². The molecule has 0 heterocycles. The third kappa shape index (κ3) is 7.27. The molecule has 2 N–H and O–H groups in total. The molecule has 1 aliphatic rings. The van der Waals surface area contributed by atoms with E-state index < -0.39 is 0 Å². The third-order valence-corrected chi connectivity index (χ3v) is 5.53. The van der Waals surface area contributed by atoms with Crippen molar-refractivity contribution in [3.63, 3.8) is 0 Å². The zero-order valence-corrected chi connectivity index (χ0v) is 19.3. The Balaban J connectivity index is 1.49. The molecule has 0 spiro atoms. The maximum Gasteiger partial charge on any atom is 0.243 e. The van der Waals surface area contributed by atoms with Crippen LogP contribution < -0.4 is 15.4 Å². The number of carbonyl (C=O) groups is 1. The Morgan fingerprint density at radius 1 is 1.12 bits per heavy atom. The Bertz CT molecular complexity index is 896. The lowest BCUT2D eigenvalue weighted by Gasteiger charge is -2.27. The van der Waals surface area contributed by atoms with E-state index in [2.05, 4.69) is 39.9 Å². The average molecular weight is 439 g/mol. The lowest BCUT2D eigenvalue weighted by atomic mass is 9.88. The predicted molar refractivity (Wildman–Crippen MR) is 127 cm³/mol. The van der Waals surface area contributed by atoms with Crippen LogP contribution in [-0.4, -0.2) is 63.7 Å². The minimum atomic E-state index is -0.0316. The SMILES string of the molecule is COc1ccc(COCCNC(=NCC(=O)N(C)C)NC2CCc3ccccc3C2)cc1. The summed E-state index contributed by atoms with van der Waals surface area (Å²) < 4.78 is 11.0. The van der Waals surface area contributed by atoms with Gasteiger partial charge < -0.3 is 25.0 Å². The van der Waals surface area contributed by atoms with Crippen LogP contribution in [0.5, 0.6) is 5.75 Å². The number of amides is 1. The summed E-state index contributed by atoms with van der Waals surface area (Å²) >= 11 is 0. The predicted octanol–water partition coefficient (Wildman–Crippen LogP) is 2.39. The van der Waals surface area contributed by atoms with Gasteiger partial charge in [0.1, 0.15) is 12.3 Å². The second kappa shape index (κ2) is 12.1. The summed E-state index contributed by atoms with van der Waals surface area (Å²) in [6.07, 6.45) is 3.03. The molecule has 0 bridgehead atoms. The number of aryl methyl sites for hydroxylation is 1. The molecule has 0 saturated heterocycles. The first-order chi connectivity index (χ1) is 15.5. The van der Waals surface area contributed by atoms with Crippen molar-refractivity contribution in [2.24, 2.45) is 4.99 Å². The molecular formula is C25H34N4O3. The number of nitrogens with zero attached hydrogens (tertiary/aromatic N) is 2. The summed E-state index contributed by atoms with van der Waals surface area (Å²) in [4.78, 5) is 18.1. The number of carbonyl (C=O) groups excluding carboxylic acids is 1. The molecule has 0 radical (unpaired) electrons. The van der Waals surface area contributed by atoms with Gasteiger partial charge in [-0.2, -0.15) is 0 Å². The summed E-state index contributed by atoms with van der Waals surface area (Å²) in [5.41, 5.74) is 3.89. The first kappa shape index (κ1) is 23.6. The van der Waals surface area contributed by atoms with Crippen LogP contribution in [0.4, 0.5) is 0 Å². The van der Waals surface area contributed by atoms with Crippen LogP contribution in [0.2, 0.25) is 0 Å². The van der Waals surface area contributed by atoms with Gasteiger partial charge in [0.2, 0.25) is 5.91 Å². The Kier molecular flexibility index (Phi) is 8.92. The van der Waals surface area contributed by atoms with Crippen molar-refractivity contribution >= 4 is 11.9 Å². The average Bonchev–Trinajstić information content (AvgIpc) is 2.82. The van der Waals surface area contributed by atoms with Crippen molar-refractivity contribution in [1.29, 1.82) is 0 Å². The van der Waals surface area contributed by atoms with Crippen molar-refractivity contribution in [1.82, 2.24) is 15.5 Å². The Labute approximate surface area is 190 Å². The van der Waals surface area contributed by atoms with E-state index in [1.54, 1.807) is 26.1 Å². The van der Waals surface area contributed by atoms with Crippen LogP contribution >= 0.6 is 0 Å². The molecule has 2 aromatic rings. The molecule has 0 fully saturated rings. The summed E-state index contributed by atoms with van der Waals surface area (Å²) in [5.74, 6) is 1.45. The fourth-order valence-electron chi connectivity index (χ4n) is 3.61. The highest BCUT2D eigenvalue weighted by atomic mass is 16.5. The van der Waals surface area contributed by atoms with Crippen molar-refractivity contribution in [2.75, 3.05) is 40.9 Å². The standard InChI is InChI=1S/C25H34N4O3/c1-29(2)24(30)17-27-25(28-22-11-10-20-6-4-5-7-21(20)16-22)26-14-15-32-18-19-8-12-23(31-3)13-9-19/h4-9,12-13,22H,10-11,14-18H2,1-3H3,(H2,26,27,28). The molecular weight excluding hydrogens is 404 g/mol. The molecule has 0 aliphatic heterocycles. The molecule has 1 amide bonds. The number of aliphatic imine (C=N–C) groups is 1. The van der Waals surface area contributed by atoms with E-state index in [4.69, 9.17) is 9.47 Å². The van der Waals surface area contributed by atoms with Gasteiger partial charge in [0.05, 0.1) is 20.3 Å². The minimum Gasteiger partial charge on any atom is -0.497 e. The first-order valence-electron chi connectivity index (χ1n) is 11.1. The van der Waals surface area contributed by atoms with Crippen molar-refractivity contribution in [3.8, 4) is 5.75 Å². The van der Waals surface area contributed by atoms with E-state index in [1.165, 1.54) is 11.1 Å². The number of fused-ring (bicyclic) bond motifs is 1. The second-order valence-electron chi connectivity index (χ2n) is 8.13. The maximum absolute atomic E-state index is 12.0. The van der Waals surface area contributed by atoms with Gasteiger partial charge in [0.15, 0.2) is 5.96 Å². The number of likely N-dealkylation sites (N-methyl/N-ethyl adjacent to an activating group) is 1. The molecule has 3 rings (SSSR count). The number of methoxy groups -OCH3 is 1. The number of nitrogens with one attached hydrogen (secondary N) is 2. The smallest absolute Gasteiger partial charge is 0.243 e. The topological polar surface area (TPSA) is 75.2 Å².